The van der Waals surface area contributed by atoms with E-state index in [0.29, 0.717) is 0 Å². The van der Waals surface area contributed by atoms with Gasteiger partial charge in [-0.15, -0.1) is 10.2 Å². The lowest BCUT2D eigenvalue weighted by molar-refractivity contribution is 0.414. The third-order valence-electron chi connectivity index (χ3n) is 4.39. The van der Waals surface area contributed by atoms with Crippen LogP contribution in [0.3, 0.4) is 0 Å². The molecule has 1 atom stereocenters. The molecule has 25 heavy (non-hydrogen) atoms. The molecule has 0 bridgehead atoms. The van der Waals surface area contributed by atoms with E-state index in [0.717, 1.165) is 39.9 Å². The molecule has 2 aromatic carbocycles. The number of aliphatic imine (C=N–C) groups is 1. The van der Waals surface area contributed by atoms with Crippen LogP contribution in [0, 0.1) is 6.92 Å². The van der Waals surface area contributed by atoms with Crippen LogP contribution in [0.15, 0.2) is 47.5 Å². The van der Waals surface area contributed by atoms with Crippen LogP contribution in [0.1, 0.15) is 35.7 Å². The Kier molecular flexibility index (Phi) is 3.53. The fourth-order valence-corrected chi connectivity index (χ4v) is 3.14. The summed E-state index contributed by atoms with van der Waals surface area (Å²) in [5.41, 5.74) is 3.68. The molecule has 0 radical (unpaired) electrons. The number of nitrogens with zero attached hydrogens (tertiary/aromatic N) is 4. The second-order valence-electron chi connectivity index (χ2n) is 6.02. The number of phenolic OH excluding ortho intramolecular Hbond substituents is 1. The maximum absolute atomic E-state index is 9.60. The van der Waals surface area contributed by atoms with Gasteiger partial charge in [-0.2, -0.15) is 0 Å². The zero-order chi connectivity index (χ0) is 17.6. The minimum atomic E-state index is -0.150. The van der Waals surface area contributed by atoms with E-state index in [1.807, 2.05) is 48.7 Å². The van der Waals surface area contributed by atoms with E-state index in [1.165, 1.54) is 0 Å². The second kappa shape index (κ2) is 5.73. The summed E-state index contributed by atoms with van der Waals surface area (Å²) in [5.74, 6) is 2.60. The summed E-state index contributed by atoms with van der Waals surface area (Å²) in [6.45, 7) is 3.94. The molecule has 1 aromatic heterocycles. The van der Waals surface area contributed by atoms with Crippen LogP contribution in [0.2, 0.25) is 0 Å². The van der Waals surface area contributed by atoms with E-state index in [-0.39, 0.29) is 11.8 Å². The first-order valence-electron chi connectivity index (χ1n) is 8.06. The smallest absolute Gasteiger partial charge is 0.162 e. The third kappa shape index (κ3) is 2.46. The number of aromatic nitrogens is 3. The lowest BCUT2D eigenvalue weighted by atomic mass is 10.00. The van der Waals surface area contributed by atoms with Crippen LogP contribution in [-0.4, -0.2) is 32.7 Å². The SMILES string of the molecule is COc1ccc2c(c1)C(c1ccc(O)cc1)=NC(C)c1nnc(C)n1-2. The number of methoxy groups -OCH3 is 1. The van der Waals surface area contributed by atoms with E-state index >= 15 is 0 Å². The molecule has 3 aromatic rings. The molecule has 6 heteroatoms. The van der Waals surface area contributed by atoms with Crippen LogP contribution in [-0.2, 0) is 0 Å². The molecule has 126 valence electrons. The van der Waals surface area contributed by atoms with Crippen LogP contribution >= 0.6 is 0 Å². The van der Waals surface area contributed by atoms with Crippen molar-refractivity contribution < 1.29 is 9.84 Å². The van der Waals surface area contributed by atoms with E-state index in [9.17, 15) is 5.11 Å². The summed E-state index contributed by atoms with van der Waals surface area (Å²) in [7, 11) is 1.65. The Morgan fingerprint density at radius 1 is 1.08 bits per heavy atom. The Balaban J connectivity index is 2.02. The number of ether oxygens (including phenoxy) is 1. The van der Waals surface area contributed by atoms with Gasteiger partial charge in [-0.3, -0.25) is 9.56 Å². The van der Waals surface area contributed by atoms with Gasteiger partial charge in [0.25, 0.3) is 0 Å². The molecule has 1 N–H and O–H groups in total. The van der Waals surface area contributed by atoms with Gasteiger partial charge < -0.3 is 9.84 Å². The summed E-state index contributed by atoms with van der Waals surface area (Å²) in [5, 5.41) is 18.1. The molecule has 0 amide bonds. The predicted octanol–water partition coefficient (Wildman–Crippen LogP) is 3.20. The highest BCUT2D eigenvalue weighted by atomic mass is 16.5. The molecule has 4 rings (SSSR count). The van der Waals surface area contributed by atoms with E-state index in [4.69, 9.17) is 9.73 Å². The number of benzene rings is 2. The van der Waals surface area contributed by atoms with E-state index in [1.54, 1.807) is 19.2 Å². The summed E-state index contributed by atoms with van der Waals surface area (Å²) < 4.78 is 7.45. The predicted molar refractivity (Wildman–Crippen MR) is 94.8 cm³/mol. The van der Waals surface area contributed by atoms with Crippen molar-refractivity contribution in [2.45, 2.75) is 19.9 Å². The van der Waals surface area contributed by atoms with Crippen molar-refractivity contribution in [1.29, 1.82) is 0 Å². The molecule has 0 saturated heterocycles. The summed E-state index contributed by atoms with van der Waals surface area (Å²) in [4.78, 5) is 4.90. The summed E-state index contributed by atoms with van der Waals surface area (Å²) >= 11 is 0. The first-order chi connectivity index (χ1) is 12.1. The Hall–Kier alpha value is -3.15. The second-order valence-corrected chi connectivity index (χ2v) is 6.02. The van der Waals surface area contributed by atoms with Crippen molar-refractivity contribution in [3.8, 4) is 17.2 Å². The number of rotatable bonds is 2. The lowest BCUT2D eigenvalue weighted by Gasteiger charge is -2.14. The van der Waals surface area contributed by atoms with Crippen LogP contribution < -0.4 is 4.74 Å². The van der Waals surface area contributed by atoms with Gasteiger partial charge in [0.1, 0.15) is 23.4 Å². The largest absolute Gasteiger partial charge is 0.508 e. The van der Waals surface area contributed by atoms with Crippen LogP contribution in [0.4, 0.5) is 0 Å². The number of aromatic hydroxyl groups is 1. The number of aryl methyl sites for hydroxylation is 1. The normalized spacial score (nSPS) is 15.8. The molecule has 1 aliphatic rings. The monoisotopic (exact) mass is 334 g/mol. The van der Waals surface area contributed by atoms with Gasteiger partial charge in [0.2, 0.25) is 0 Å². The van der Waals surface area contributed by atoms with Crippen molar-refractivity contribution in [2.75, 3.05) is 7.11 Å². The topological polar surface area (TPSA) is 72.5 Å². The Morgan fingerprint density at radius 3 is 2.56 bits per heavy atom. The first kappa shape index (κ1) is 15.4. The van der Waals surface area contributed by atoms with Gasteiger partial charge in [-0.05, 0) is 56.3 Å². The third-order valence-corrected chi connectivity index (χ3v) is 4.39. The zero-order valence-corrected chi connectivity index (χ0v) is 14.3. The minimum absolute atomic E-state index is 0.150. The number of hydrogen-bond donors (Lipinski definition) is 1. The Bertz CT molecular complexity index is 974. The van der Waals surface area contributed by atoms with Crippen molar-refractivity contribution in [3.63, 3.8) is 0 Å². The maximum Gasteiger partial charge on any atom is 0.162 e. The summed E-state index contributed by atoms with van der Waals surface area (Å²) in [6.07, 6.45) is 0. The van der Waals surface area contributed by atoms with Crippen LogP contribution in [0.5, 0.6) is 11.5 Å². The molecule has 1 aliphatic heterocycles. The standard InChI is InChI=1S/C19H18N4O2/c1-11-19-22-21-12(2)23(19)17-9-8-15(25-3)10-16(17)18(20-11)13-4-6-14(24)7-5-13/h4-11,24H,1-3H3. The number of hydrogen-bond acceptors (Lipinski definition) is 5. The molecule has 2 heterocycles. The average molecular weight is 334 g/mol. The molecular formula is C19H18N4O2. The van der Waals surface area contributed by atoms with Gasteiger partial charge in [-0.25, -0.2) is 0 Å². The molecule has 0 spiro atoms. The van der Waals surface area contributed by atoms with Crippen molar-refractivity contribution in [1.82, 2.24) is 14.8 Å². The van der Waals surface area contributed by atoms with Crippen LogP contribution in [0.25, 0.3) is 5.69 Å². The molecule has 0 saturated carbocycles. The maximum atomic E-state index is 9.60. The molecule has 0 aliphatic carbocycles. The summed E-state index contributed by atoms with van der Waals surface area (Å²) in [6, 6.07) is 12.8. The van der Waals surface area contributed by atoms with Gasteiger partial charge >= 0.3 is 0 Å². The van der Waals surface area contributed by atoms with Crippen molar-refractivity contribution in [3.05, 3.63) is 65.2 Å². The Labute approximate surface area is 145 Å². The molecule has 1 unspecified atom stereocenters. The highest BCUT2D eigenvalue weighted by molar-refractivity contribution is 6.15. The van der Waals surface area contributed by atoms with Crippen molar-refractivity contribution >= 4 is 5.71 Å². The first-order valence-corrected chi connectivity index (χ1v) is 8.06. The van der Waals surface area contributed by atoms with E-state index < -0.39 is 0 Å². The van der Waals surface area contributed by atoms with Gasteiger partial charge in [0.05, 0.1) is 18.5 Å². The average Bonchev–Trinajstić information content (AvgIpc) is 2.95. The number of fused-ring (bicyclic) bond motifs is 3. The number of phenols is 1. The van der Waals surface area contributed by atoms with E-state index in [2.05, 4.69) is 10.2 Å². The molecular weight excluding hydrogens is 316 g/mol. The molecule has 6 nitrogen and oxygen atoms in total. The fraction of sp³-hybridized carbons (Fsp3) is 0.211. The highest BCUT2D eigenvalue weighted by Crippen LogP contribution is 2.32. The lowest BCUT2D eigenvalue weighted by Crippen LogP contribution is -2.08. The van der Waals surface area contributed by atoms with Gasteiger partial charge in [-0.1, -0.05) is 0 Å². The quantitative estimate of drug-likeness (QED) is 0.781. The van der Waals surface area contributed by atoms with Gasteiger partial charge in [0, 0.05) is 11.1 Å². The zero-order valence-electron chi connectivity index (χ0n) is 14.3. The van der Waals surface area contributed by atoms with Crippen molar-refractivity contribution in [2.24, 2.45) is 4.99 Å². The molecule has 0 fully saturated rings. The van der Waals surface area contributed by atoms with Gasteiger partial charge in [0.15, 0.2) is 5.82 Å². The Morgan fingerprint density at radius 2 is 1.84 bits per heavy atom. The highest BCUT2D eigenvalue weighted by Gasteiger charge is 2.26. The fourth-order valence-electron chi connectivity index (χ4n) is 3.14. The minimum Gasteiger partial charge on any atom is -0.508 e.